The van der Waals surface area contributed by atoms with Crippen molar-refractivity contribution in [2.75, 3.05) is 0 Å². The Morgan fingerprint density at radius 3 is 1.84 bits per heavy atom. The minimum absolute atomic E-state index is 0.0817. The number of hydrogen-bond acceptors (Lipinski definition) is 7. The molecule has 3 aromatic rings. The average Bonchev–Trinajstić information content (AvgIpc) is 2.52. The van der Waals surface area contributed by atoms with Crippen LogP contribution in [0.25, 0.3) is 0 Å². The Morgan fingerprint density at radius 1 is 0.920 bits per heavy atom. The van der Waals surface area contributed by atoms with E-state index in [-0.39, 0.29) is 20.7 Å². The van der Waals surface area contributed by atoms with Gasteiger partial charge in [0.05, 0.1) is 17.0 Å². The predicted molar refractivity (Wildman–Crippen MR) is 93.0 cm³/mol. The molecule has 128 valence electrons. The first-order valence-electron chi connectivity index (χ1n) is 6.89. The molecule has 0 aliphatic heterocycles. The minimum Gasteiger partial charge on any atom is -0.494 e. The maximum atomic E-state index is 12.4. The van der Waals surface area contributed by atoms with Crippen molar-refractivity contribution in [3.63, 3.8) is 0 Å². The molecule has 0 unspecified atom stereocenters. The van der Waals surface area contributed by atoms with E-state index in [0.717, 1.165) is 0 Å². The van der Waals surface area contributed by atoms with Gasteiger partial charge in [0.25, 0.3) is 11.1 Å². The van der Waals surface area contributed by atoms with Gasteiger partial charge in [0.2, 0.25) is 0 Å². The molecule has 0 aliphatic rings. The minimum atomic E-state index is -1.13. The van der Waals surface area contributed by atoms with Gasteiger partial charge in [-0.3, -0.25) is 24.5 Å². The summed E-state index contributed by atoms with van der Waals surface area (Å²) in [5, 5.41) is 20.4. The molecular weight excluding hydrogens is 366 g/mol. The summed E-state index contributed by atoms with van der Waals surface area (Å²) in [6, 6.07) is 3.19. The summed E-state index contributed by atoms with van der Waals surface area (Å²) in [5.41, 5.74) is -1.44. The van der Waals surface area contributed by atoms with Crippen LogP contribution < -0.4 is 11.1 Å². The molecule has 0 aromatic carbocycles. The van der Waals surface area contributed by atoms with Gasteiger partial charge in [0.1, 0.15) is 0 Å². The van der Waals surface area contributed by atoms with Gasteiger partial charge in [0.15, 0.2) is 21.3 Å². The van der Waals surface area contributed by atoms with Crippen LogP contribution in [0.3, 0.4) is 0 Å². The first-order chi connectivity index (χ1) is 11.9. The van der Waals surface area contributed by atoms with Crippen molar-refractivity contribution in [1.82, 2.24) is 24.9 Å². The van der Waals surface area contributed by atoms with Gasteiger partial charge in [-0.1, -0.05) is 6.07 Å². The van der Waals surface area contributed by atoms with Crippen LogP contribution >= 0.6 is 24.4 Å². The normalized spacial score (nSPS) is 10.9. The molecule has 3 heterocycles. The SMILES string of the molecule is O=c1[nH]c(=S)[nH]c(O)c1C(c1cccnc1)c1c(O)[nH]c(=S)[nH]c1=O. The third-order valence-corrected chi connectivity index (χ3v) is 3.92. The van der Waals surface area contributed by atoms with Crippen molar-refractivity contribution >= 4 is 24.4 Å². The number of aromatic nitrogens is 5. The fourth-order valence-electron chi connectivity index (χ4n) is 2.53. The zero-order valence-corrected chi connectivity index (χ0v) is 14.0. The Hall–Kier alpha value is -3.05. The Bertz CT molecular complexity index is 1090. The van der Waals surface area contributed by atoms with Crippen LogP contribution in [-0.2, 0) is 0 Å². The van der Waals surface area contributed by atoms with Crippen molar-refractivity contribution in [2.24, 2.45) is 0 Å². The van der Waals surface area contributed by atoms with Gasteiger partial charge in [0, 0.05) is 12.4 Å². The van der Waals surface area contributed by atoms with Gasteiger partial charge >= 0.3 is 0 Å². The van der Waals surface area contributed by atoms with Gasteiger partial charge in [-0.15, -0.1) is 0 Å². The highest BCUT2D eigenvalue weighted by molar-refractivity contribution is 7.71. The van der Waals surface area contributed by atoms with Crippen LogP contribution in [0.15, 0.2) is 34.1 Å². The Morgan fingerprint density at radius 2 is 1.44 bits per heavy atom. The van der Waals surface area contributed by atoms with Crippen molar-refractivity contribution in [1.29, 1.82) is 0 Å². The maximum Gasteiger partial charge on any atom is 0.259 e. The van der Waals surface area contributed by atoms with E-state index >= 15 is 0 Å². The molecule has 3 rings (SSSR count). The quantitative estimate of drug-likeness (QED) is 0.375. The molecule has 0 saturated carbocycles. The number of pyridine rings is 1. The van der Waals surface area contributed by atoms with Crippen LogP contribution in [-0.4, -0.2) is 35.1 Å². The highest BCUT2D eigenvalue weighted by atomic mass is 32.1. The zero-order chi connectivity index (χ0) is 18.1. The molecule has 9 nitrogen and oxygen atoms in total. The Labute approximate surface area is 149 Å². The van der Waals surface area contributed by atoms with Crippen LogP contribution in [0, 0.1) is 9.54 Å². The van der Waals surface area contributed by atoms with Crippen molar-refractivity contribution in [3.8, 4) is 11.8 Å². The Balaban J connectivity index is 2.42. The molecule has 0 saturated heterocycles. The summed E-state index contributed by atoms with van der Waals surface area (Å²) in [6.07, 6.45) is 2.91. The van der Waals surface area contributed by atoms with Crippen molar-refractivity contribution in [2.45, 2.75) is 5.92 Å². The van der Waals surface area contributed by atoms with Gasteiger partial charge in [-0.2, -0.15) is 0 Å². The van der Waals surface area contributed by atoms with Gasteiger partial charge < -0.3 is 20.2 Å². The van der Waals surface area contributed by atoms with Crippen molar-refractivity contribution < 1.29 is 10.2 Å². The Kier molecular flexibility index (Phi) is 4.33. The van der Waals surface area contributed by atoms with E-state index in [9.17, 15) is 19.8 Å². The molecule has 25 heavy (non-hydrogen) atoms. The van der Waals surface area contributed by atoms with Crippen LogP contribution in [0.2, 0.25) is 0 Å². The summed E-state index contributed by atoms with van der Waals surface area (Å²) in [7, 11) is 0. The molecule has 11 heteroatoms. The summed E-state index contributed by atoms with van der Waals surface area (Å²) in [4.78, 5) is 38.3. The summed E-state index contributed by atoms with van der Waals surface area (Å²) in [6.45, 7) is 0. The number of aromatic hydroxyl groups is 2. The lowest BCUT2D eigenvalue weighted by Gasteiger charge is -2.18. The predicted octanol–water partition coefficient (Wildman–Crippen LogP) is 1.16. The average molecular weight is 377 g/mol. The second kappa shape index (κ2) is 6.45. The van der Waals surface area contributed by atoms with E-state index in [1.807, 2.05) is 0 Å². The van der Waals surface area contributed by atoms with E-state index in [1.165, 1.54) is 12.4 Å². The molecular formula is C14H11N5O4S2. The monoisotopic (exact) mass is 377 g/mol. The largest absolute Gasteiger partial charge is 0.494 e. The highest BCUT2D eigenvalue weighted by Gasteiger charge is 2.29. The summed E-state index contributed by atoms with van der Waals surface area (Å²) in [5.74, 6) is -2.17. The number of aromatic amines is 4. The lowest BCUT2D eigenvalue weighted by atomic mass is 9.88. The molecule has 0 radical (unpaired) electrons. The molecule has 0 bridgehead atoms. The molecule has 0 fully saturated rings. The molecule has 0 spiro atoms. The lowest BCUT2D eigenvalue weighted by molar-refractivity contribution is 0.431. The fraction of sp³-hybridized carbons (Fsp3) is 0.0714. The third kappa shape index (κ3) is 3.14. The number of H-pyrrole nitrogens is 4. The molecule has 0 atom stereocenters. The smallest absolute Gasteiger partial charge is 0.259 e. The van der Waals surface area contributed by atoms with Crippen LogP contribution in [0.4, 0.5) is 0 Å². The zero-order valence-electron chi connectivity index (χ0n) is 12.4. The van der Waals surface area contributed by atoms with Gasteiger partial charge in [-0.25, -0.2) is 0 Å². The second-order valence-corrected chi connectivity index (χ2v) is 5.88. The second-order valence-electron chi connectivity index (χ2n) is 5.06. The van der Waals surface area contributed by atoms with E-state index in [1.54, 1.807) is 12.1 Å². The summed E-state index contributed by atoms with van der Waals surface area (Å²) < 4.78 is -0.163. The molecule has 3 aromatic heterocycles. The number of hydrogen-bond donors (Lipinski definition) is 6. The van der Waals surface area contributed by atoms with Gasteiger partial charge in [-0.05, 0) is 36.1 Å². The van der Waals surface area contributed by atoms with Crippen LogP contribution in [0.1, 0.15) is 22.6 Å². The lowest BCUT2D eigenvalue weighted by Crippen LogP contribution is -2.25. The molecule has 6 N–H and O–H groups in total. The standard InChI is InChI=1S/C14H11N5O4S2/c20-9-7(10(21)17-13(24)16-9)6(5-2-1-3-15-4-5)8-11(22)18-14(25)19-12(8)23/h1-4,6H,(H3,16,17,20,21,24)(H3,18,19,22,23,25). The highest BCUT2D eigenvalue weighted by Crippen LogP contribution is 2.34. The van der Waals surface area contributed by atoms with E-state index in [2.05, 4.69) is 24.9 Å². The number of nitrogens with one attached hydrogen (secondary N) is 4. The third-order valence-electron chi connectivity index (χ3n) is 3.51. The molecule has 0 amide bonds. The number of rotatable bonds is 3. The molecule has 0 aliphatic carbocycles. The fourth-order valence-corrected chi connectivity index (χ4v) is 2.91. The first-order valence-corrected chi connectivity index (χ1v) is 7.71. The van der Waals surface area contributed by atoms with E-state index in [0.29, 0.717) is 5.56 Å². The van der Waals surface area contributed by atoms with Crippen molar-refractivity contribution in [3.05, 3.63) is 71.5 Å². The van der Waals surface area contributed by atoms with E-state index < -0.39 is 28.8 Å². The van der Waals surface area contributed by atoms with E-state index in [4.69, 9.17) is 24.4 Å². The number of nitrogens with zero attached hydrogens (tertiary/aromatic N) is 1. The topological polar surface area (TPSA) is 151 Å². The summed E-state index contributed by atoms with van der Waals surface area (Å²) >= 11 is 9.63. The maximum absolute atomic E-state index is 12.4. The first kappa shape index (κ1) is 16.8. The van der Waals surface area contributed by atoms with Crippen LogP contribution in [0.5, 0.6) is 11.8 Å².